The number of methoxy groups -OCH3 is 1. The Morgan fingerprint density at radius 1 is 0.952 bits per heavy atom. The van der Waals surface area contributed by atoms with Crippen LogP contribution >= 0.6 is 0 Å². The maximum atomic E-state index is 8.78. The standard InChI is InChI=1S/C16H23NO4/c1-18-7-3-8-19-11-12-20-9-4-10-21-16-6-2-5-15(13-16)14-17/h2,5-6,13H,3-4,7-12H2,1H3. The van der Waals surface area contributed by atoms with E-state index in [0.29, 0.717) is 38.6 Å². The second kappa shape index (κ2) is 12.2. The van der Waals surface area contributed by atoms with E-state index in [1.54, 1.807) is 19.2 Å². The molecule has 0 saturated carbocycles. The van der Waals surface area contributed by atoms with Gasteiger partial charge < -0.3 is 18.9 Å². The van der Waals surface area contributed by atoms with Crippen LogP contribution in [-0.4, -0.2) is 46.8 Å². The molecule has 0 unspecified atom stereocenters. The van der Waals surface area contributed by atoms with Crippen LogP contribution in [0.25, 0.3) is 0 Å². The second-order valence-electron chi connectivity index (χ2n) is 4.41. The van der Waals surface area contributed by atoms with Crippen molar-refractivity contribution in [2.24, 2.45) is 0 Å². The summed E-state index contributed by atoms with van der Waals surface area (Å²) in [5.74, 6) is 0.718. The maximum absolute atomic E-state index is 8.78. The Balaban J connectivity index is 1.92. The molecule has 0 amide bonds. The van der Waals surface area contributed by atoms with Gasteiger partial charge in [-0.25, -0.2) is 0 Å². The molecule has 0 radical (unpaired) electrons. The Morgan fingerprint density at radius 2 is 1.67 bits per heavy atom. The molecule has 1 aromatic rings. The molecule has 0 heterocycles. The molecule has 5 heteroatoms. The fourth-order valence-electron chi connectivity index (χ4n) is 1.63. The van der Waals surface area contributed by atoms with Gasteiger partial charge in [0.05, 0.1) is 31.5 Å². The first-order valence-corrected chi connectivity index (χ1v) is 7.14. The lowest BCUT2D eigenvalue weighted by molar-refractivity contribution is 0.0364. The van der Waals surface area contributed by atoms with Crippen LogP contribution in [0.15, 0.2) is 24.3 Å². The molecule has 116 valence electrons. The van der Waals surface area contributed by atoms with Gasteiger partial charge in [0.1, 0.15) is 5.75 Å². The highest BCUT2D eigenvalue weighted by Gasteiger charge is 1.96. The van der Waals surface area contributed by atoms with Crippen molar-refractivity contribution in [3.63, 3.8) is 0 Å². The van der Waals surface area contributed by atoms with Crippen molar-refractivity contribution in [2.75, 3.05) is 46.8 Å². The van der Waals surface area contributed by atoms with Crippen LogP contribution < -0.4 is 4.74 Å². The third-order valence-electron chi connectivity index (χ3n) is 2.67. The summed E-state index contributed by atoms with van der Waals surface area (Å²) in [6.45, 7) is 3.84. The SMILES string of the molecule is COCCCOCCOCCCOc1cccc(C#N)c1. The molecule has 0 aromatic heterocycles. The normalized spacial score (nSPS) is 10.3. The minimum Gasteiger partial charge on any atom is -0.493 e. The Morgan fingerprint density at radius 3 is 2.33 bits per heavy atom. The Labute approximate surface area is 126 Å². The molecule has 5 nitrogen and oxygen atoms in total. The summed E-state index contributed by atoms with van der Waals surface area (Å²) >= 11 is 0. The van der Waals surface area contributed by atoms with E-state index in [1.807, 2.05) is 12.1 Å². The van der Waals surface area contributed by atoms with Gasteiger partial charge in [0.2, 0.25) is 0 Å². The molecule has 1 rings (SSSR count). The van der Waals surface area contributed by atoms with Crippen molar-refractivity contribution in [2.45, 2.75) is 12.8 Å². The fraction of sp³-hybridized carbons (Fsp3) is 0.562. The van der Waals surface area contributed by atoms with Crippen LogP contribution in [-0.2, 0) is 14.2 Å². The first-order valence-electron chi connectivity index (χ1n) is 7.14. The van der Waals surface area contributed by atoms with Crippen molar-refractivity contribution in [1.29, 1.82) is 5.26 Å². The van der Waals surface area contributed by atoms with E-state index in [1.165, 1.54) is 0 Å². The van der Waals surface area contributed by atoms with E-state index >= 15 is 0 Å². The van der Waals surface area contributed by atoms with Crippen LogP contribution in [0.1, 0.15) is 18.4 Å². The molecule has 1 aromatic carbocycles. The quantitative estimate of drug-likeness (QED) is 0.554. The number of nitriles is 1. The zero-order valence-electron chi connectivity index (χ0n) is 12.5. The monoisotopic (exact) mass is 293 g/mol. The van der Waals surface area contributed by atoms with Gasteiger partial charge in [-0.3, -0.25) is 0 Å². The lowest BCUT2D eigenvalue weighted by Gasteiger charge is -2.07. The molecule has 0 atom stereocenters. The summed E-state index contributed by atoms with van der Waals surface area (Å²) < 4.78 is 21.3. The largest absolute Gasteiger partial charge is 0.493 e. The minimum atomic E-state index is 0.573. The summed E-state index contributed by atoms with van der Waals surface area (Å²) in [5, 5.41) is 8.78. The zero-order valence-corrected chi connectivity index (χ0v) is 12.5. The van der Waals surface area contributed by atoms with E-state index in [2.05, 4.69) is 6.07 Å². The van der Waals surface area contributed by atoms with Crippen LogP contribution in [0.3, 0.4) is 0 Å². The Hall–Kier alpha value is -1.61. The highest BCUT2D eigenvalue weighted by Crippen LogP contribution is 2.12. The first-order chi connectivity index (χ1) is 10.4. The lowest BCUT2D eigenvalue weighted by Crippen LogP contribution is -2.09. The lowest BCUT2D eigenvalue weighted by atomic mass is 10.2. The predicted octanol–water partition coefficient (Wildman–Crippen LogP) is 2.40. The second-order valence-corrected chi connectivity index (χ2v) is 4.41. The van der Waals surface area contributed by atoms with Crippen molar-refractivity contribution < 1.29 is 18.9 Å². The third kappa shape index (κ3) is 9.03. The van der Waals surface area contributed by atoms with E-state index in [4.69, 9.17) is 24.2 Å². The highest BCUT2D eigenvalue weighted by molar-refractivity contribution is 5.36. The zero-order chi connectivity index (χ0) is 15.2. The van der Waals surface area contributed by atoms with Gasteiger partial charge in [0.15, 0.2) is 0 Å². The highest BCUT2D eigenvalue weighted by atomic mass is 16.5. The predicted molar refractivity (Wildman–Crippen MR) is 79.4 cm³/mol. The smallest absolute Gasteiger partial charge is 0.120 e. The van der Waals surface area contributed by atoms with Crippen molar-refractivity contribution >= 4 is 0 Å². The van der Waals surface area contributed by atoms with Crippen LogP contribution in [0, 0.1) is 11.3 Å². The summed E-state index contributed by atoms with van der Waals surface area (Å²) in [6, 6.07) is 9.22. The van der Waals surface area contributed by atoms with Gasteiger partial charge >= 0.3 is 0 Å². The molecule has 0 aliphatic carbocycles. The van der Waals surface area contributed by atoms with Crippen LogP contribution in [0.4, 0.5) is 0 Å². The summed E-state index contributed by atoms with van der Waals surface area (Å²) in [4.78, 5) is 0. The number of benzene rings is 1. The van der Waals surface area contributed by atoms with E-state index in [-0.39, 0.29) is 0 Å². The fourth-order valence-corrected chi connectivity index (χ4v) is 1.63. The van der Waals surface area contributed by atoms with E-state index in [0.717, 1.165) is 25.2 Å². The average Bonchev–Trinajstić information content (AvgIpc) is 2.53. The van der Waals surface area contributed by atoms with E-state index in [9.17, 15) is 0 Å². The molecule has 0 saturated heterocycles. The van der Waals surface area contributed by atoms with Crippen molar-refractivity contribution in [3.8, 4) is 11.8 Å². The molecular formula is C16H23NO4. The molecule has 0 spiro atoms. The number of ether oxygens (including phenoxy) is 4. The van der Waals surface area contributed by atoms with Crippen molar-refractivity contribution in [3.05, 3.63) is 29.8 Å². The van der Waals surface area contributed by atoms with Crippen molar-refractivity contribution in [1.82, 2.24) is 0 Å². The molecule has 0 bridgehead atoms. The van der Waals surface area contributed by atoms with E-state index < -0.39 is 0 Å². The topological polar surface area (TPSA) is 60.7 Å². The summed E-state index contributed by atoms with van der Waals surface area (Å²) in [5.41, 5.74) is 0.606. The van der Waals surface area contributed by atoms with Gasteiger partial charge in [-0.05, 0) is 24.6 Å². The molecule has 0 aliphatic heterocycles. The minimum absolute atomic E-state index is 0.573. The number of hydrogen-bond acceptors (Lipinski definition) is 5. The molecule has 0 aliphatic rings. The summed E-state index contributed by atoms with van der Waals surface area (Å²) in [6.07, 6.45) is 1.71. The van der Waals surface area contributed by atoms with Crippen LogP contribution in [0.5, 0.6) is 5.75 Å². The Bertz CT molecular complexity index is 417. The maximum Gasteiger partial charge on any atom is 0.120 e. The van der Waals surface area contributed by atoms with Gasteiger partial charge in [-0.1, -0.05) is 6.07 Å². The molecule has 0 fully saturated rings. The van der Waals surface area contributed by atoms with Gasteiger partial charge in [0, 0.05) is 33.4 Å². The molecular weight excluding hydrogens is 270 g/mol. The number of rotatable bonds is 12. The molecule has 21 heavy (non-hydrogen) atoms. The molecule has 0 N–H and O–H groups in total. The Kier molecular flexibility index (Phi) is 10.1. The number of nitrogens with zero attached hydrogens (tertiary/aromatic N) is 1. The summed E-state index contributed by atoms with van der Waals surface area (Å²) in [7, 11) is 1.68. The van der Waals surface area contributed by atoms with Gasteiger partial charge in [-0.2, -0.15) is 5.26 Å². The van der Waals surface area contributed by atoms with Gasteiger partial charge in [-0.15, -0.1) is 0 Å². The van der Waals surface area contributed by atoms with Crippen LogP contribution in [0.2, 0.25) is 0 Å². The third-order valence-corrected chi connectivity index (χ3v) is 2.67. The number of hydrogen-bond donors (Lipinski definition) is 0. The average molecular weight is 293 g/mol. The first kappa shape index (κ1) is 17.4. The van der Waals surface area contributed by atoms with Gasteiger partial charge in [0.25, 0.3) is 0 Å².